The number of carboxylic acid groups (broad SMARTS) is 1. The van der Waals surface area contributed by atoms with Crippen LogP contribution in [0.3, 0.4) is 0 Å². The van der Waals surface area contributed by atoms with Crippen LogP contribution in [0.5, 0.6) is 0 Å². The zero-order chi connectivity index (χ0) is 8.43. The molecule has 0 bridgehead atoms. The van der Waals surface area contributed by atoms with Crippen LogP contribution in [0, 0.1) is 12.7 Å². The van der Waals surface area contributed by atoms with Gasteiger partial charge in [-0.3, -0.25) is 0 Å². The minimum atomic E-state index is -1.03. The molecule has 0 aliphatic heterocycles. The van der Waals surface area contributed by atoms with Crippen LogP contribution in [0.1, 0.15) is 15.9 Å². The lowest BCUT2D eigenvalue weighted by atomic mass is 10.1. The molecule has 0 aliphatic carbocycles. The van der Waals surface area contributed by atoms with Crippen LogP contribution in [0.15, 0.2) is 18.2 Å². The van der Waals surface area contributed by atoms with Gasteiger partial charge in [-0.05, 0) is 30.7 Å². The lowest BCUT2D eigenvalue weighted by molar-refractivity contribution is 0.0696. The van der Waals surface area contributed by atoms with E-state index in [9.17, 15) is 9.18 Å². The van der Waals surface area contributed by atoms with Crippen molar-refractivity contribution in [2.75, 3.05) is 0 Å². The molecule has 0 fully saturated rings. The van der Waals surface area contributed by atoms with E-state index < -0.39 is 5.97 Å². The summed E-state index contributed by atoms with van der Waals surface area (Å²) in [5, 5.41) is 8.48. The van der Waals surface area contributed by atoms with Gasteiger partial charge in [-0.25, -0.2) is 9.18 Å². The molecule has 0 aromatic heterocycles. The fraction of sp³-hybridized carbons (Fsp3) is 0.125. The third kappa shape index (κ3) is 2.23. The van der Waals surface area contributed by atoms with E-state index in [1.807, 2.05) is 0 Å². The van der Waals surface area contributed by atoms with E-state index in [2.05, 4.69) is 0 Å². The van der Waals surface area contributed by atoms with Crippen molar-refractivity contribution in [1.29, 1.82) is 0 Å². The molecule has 1 rings (SSSR count). The smallest absolute Gasteiger partial charge is 0.335 e. The quantitative estimate of drug-likeness (QED) is 0.731. The average Bonchev–Trinajstić information content (AvgIpc) is 1.94. The van der Waals surface area contributed by atoms with Gasteiger partial charge >= 0.3 is 5.97 Å². The second-order valence-corrected chi connectivity index (χ2v) is 2.27. The van der Waals surface area contributed by atoms with E-state index in [0.717, 1.165) is 6.07 Å². The summed E-state index contributed by atoms with van der Waals surface area (Å²) in [4.78, 5) is 10.3. The first-order valence-corrected chi connectivity index (χ1v) is 3.10. The molecule has 1 N–H and O–H groups in total. The Bertz CT molecular complexity index is 299. The Morgan fingerprint density at radius 2 is 2.08 bits per heavy atom. The molecule has 4 heteroatoms. The molecule has 0 radical (unpaired) electrons. The van der Waals surface area contributed by atoms with Crippen molar-refractivity contribution in [1.82, 2.24) is 0 Å². The van der Waals surface area contributed by atoms with Gasteiger partial charge in [-0.15, -0.1) is 0 Å². The molecule has 0 aliphatic rings. The zero-order valence-corrected chi connectivity index (χ0v) is 7.47. The third-order valence-electron chi connectivity index (χ3n) is 1.40. The van der Waals surface area contributed by atoms with Gasteiger partial charge in [0.1, 0.15) is 5.82 Å². The van der Waals surface area contributed by atoms with Crippen LogP contribution in [-0.2, 0) is 0 Å². The first-order chi connectivity index (χ1) is 5.11. The standard InChI is InChI=1S/C8H7FO2.H2S/c1-5-4-6(8(10)11)2-3-7(5)9;/h2-4H,1H3,(H,10,11);1H2. The number of halogens is 1. The number of hydrogen-bond acceptors (Lipinski definition) is 1. The van der Waals surface area contributed by atoms with E-state index in [0.29, 0.717) is 5.56 Å². The average molecular weight is 188 g/mol. The summed E-state index contributed by atoms with van der Waals surface area (Å²) in [7, 11) is 0. The molecular weight excluding hydrogens is 179 g/mol. The van der Waals surface area contributed by atoms with E-state index in [4.69, 9.17) is 5.11 Å². The predicted octanol–water partition coefficient (Wildman–Crippen LogP) is 1.95. The number of carboxylic acids is 1. The van der Waals surface area contributed by atoms with Crippen molar-refractivity contribution in [3.05, 3.63) is 35.1 Å². The summed E-state index contributed by atoms with van der Waals surface area (Å²) in [6, 6.07) is 3.70. The van der Waals surface area contributed by atoms with Gasteiger partial charge in [0.25, 0.3) is 0 Å². The molecule has 0 amide bonds. The van der Waals surface area contributed by atoms with Gasteiger partial charge in [-0.2, -0.15) is 13.5 Å². The minimum Gasteiger partial charge on any atom is -0.478 e. The SMILES string of the molecule is Cc1cc(C(=O)O)ccc1F.S. The van der Waals surface area contributed by atoms with Crippen LogP contribution in [0.25, 0.3) is 0 Å². The van der Waals surface area contributed by atoms with Gasteiger partial charge in [-0.1, -0.05) is 0 Å². The highest BCUT2D eigenvalue weighted by Crippen LogP contribution is 2.08. The first kappa shape index (κ1) is 11.0. The molecule has 0 saturated heterocycles. The molecule has 0 unspecified atom stereocenters. The van der Waals surface area contributed by atoms with Crippen LogP contribution >= 0.6 is 13.5 Å². The number of hydrogen-bond donors (Lipinski definition) is 1. The Morgan fingerprint density at radius 1 is 1.50 bits per heavy atom. The maximum absolute atomic E-state index is 12.6. The van der Waals surface area contributed by atoms with Crippen LogP contribution in [0.4, 0.5) is 4.39 Å². The van der Waals surface area contributed by atoms with E-state index >= 15 is 0 Å². The Morgan fingerprint density at radius 3 is 2.50 bits per heavy atom. The highest BCUT2D eigenvalue weighted by atomic mass is 32.1. The van der Waals surface area contributed by atoms with E-state index in [1.54, 1.807) is 0 Å². The Kier molecular flexibility index (Phi) is 3.76. The normalized spacial score (nSPS) is 8.83. The monoisotopic (exact) mass is 188 g/mol. The topological polar surface area (TPSA) is 37.3 Å². The molecule has 12 heavy (non-hydrogen) atoms. The number of aromatic carboxylic acids is 1. The van der Waals surface area contributed by atoms with Crippen molar-refractivity contribution in [2.24, 2.45) is 0 Å². The predicted molar refractivity (Wildman–Crippen MR) is 48.5 cm³/mol. The minimum absolute atomic E-state index is 0. The number of carbonyl (C=O) groups is 1. The molecule has 2 nitrogen and oxygen atoms in total. The van der Waals surface area contributed by atoms with Crippen molar-refractivity contribution in [3.8, 4) is 0 Å². The number of aryl methyl sites for hydroxylation is 1. The van der Waals surface area contributed by atoms with Crippen molar-refractivity contribution >= 4 is 19.5 Å². The summed E-state index contributed by atoms with van der Waals surface area (Å²) < 4.78 is 12.6. The first-order valence-electron chi connectivity index (χ1n) is 3.10. The fourth-order valence-corrected chi connectivity index (χ4v) is 0.778. The molecule has 0 spiro atoms. The number of benzene rings is 1. The second kappa shape index (κ2) is 4.11. The lowest BCUT2D eigenvalue weighted by Crippen LogP contribution is -1.97. The maximum atomic E-state index is 12.6. The third-order valence-corrected chi connectivity index (χ3v) is 1.40. The summed E-state index contributed by atoms with van der Waals surface area (Å²) in [6.07, 6.45) is 0. The summed E-state index contributed by atoms with van der Waals surface area (Å²) >= 11 is 0. The number of rotatable bonds is 1. The Labute approximate surface area is 76.5 Å². The summed E-state index contributed by atoms with van der Waals surface area (Å²) in [5.74, 6) is -1.41. The van der Waals surface area contributed by atoms with Crippen molar-refractivity contribution < 1.29 is 14.3 Å². The van der Waals surface area contributed by atoms with Crippen molar-refractivity contribution in [3.63, 3.8) is 0 Å². The van der Waals surface area contributed by atoms with E-state index in [-0.39, 0.29) is 24.9 Å². The zero-order valence-electron chi connectivity index (χ0n) is 6.47. The van der Waals surface area contributed by atoms with Crippen molar-refractivity contribution in [2.45, 2.75) is 6.92 Å². The summed E-state index contributed by atoms with van der Waals surface area (Å²) in [5.41, 5.74) is 0.466. The van der Waals surface area contributed by atoms with Gasteiger partial charge in [0.15, 0.2) is 0 Å². The van der Waals surface area contributed by atoms with E-state index in [1.165, 1.54) is 19.1 Å². The molecule has 0 atom stereocenters. The molecular formula is C8H9FO2S. The van der Waals surface area contributed by atoms with Gasteiger partial charge < -0.3 is 5.11 Å². The molecule has 0 heterocycles. The second-order valence-electron chi connectivity index (χ2n) is 2.27. The van der Waals surface area contributed by atoms with Gasteiger partial charge in [0.05, 0.1) is 5.56 Å². The fourth-order valence-electron chi connectivity index (χ4n) is 0.778. The summed E-state index contributed by atoms with van der Waals surface area (Å²) in [6.45, 7) is 1.53. The largest absolute Gasteiger partial charge is 0.478 e. The molecule has 0 saturated carbocycles. The van der Waals surface area contributed by atoms with Gasteiger partial charge in [0, 0.05) is 0 Å². The maximum Gasteiger partial charge on any atom is 0.335 e. The molecule has 66 valence electrons. The lowest BCUT2D eigenvalue weighted by Gasteiger charge is -1.96. The Hall–Kier alpha value is -1.03. The molecule has 1 aromatic rings. The van der Waals surface area contributed by atoms with Crippen LogP contribution < -0.4 is 0 Å². The Balaban J connectivity index is 0.00000121. The highest BCUT2D eigenvalue weighted by Gasteiger charge is 2.03. The highest BCUT2D eigenvalue weighted by molar-refractivity contribution is 7.59. The molecule has 1 aromatic carbocycles. The van der Waals surface area contributed by atoms with Gasteiger partial charge in [0.2, 0.25) is 0 Å². The van der Waals surface area contributed by atoms with Crippen LogP contribution in [0.2, 0.25) is 0 Å². The van der Waals surface area contributed by atoms with Crippen LogP contribution in [-0.4, -0.2) is 11.1 Å².